The van der Waals surface area contributed by atoms with Crippen LogP contribution >= 0.6 is 0 Å². The van der Waals surface area contributed by atoms with Crippen molar-refractivity contribution in [3.05, 3.63) is 53.5 Å². The van der Waals surface area contributed by atoms with Gasteiger partial charge in [-0.05, 0) is 31.0 Å². The van der Waals surface area contributed by atoms with Gasteiger partial charge in [-0.25, -0.2) is 0 Å². The molecule has 0 bridgehead atoms. The standard InChI is InChI=1S/C20H20N4O3/c25-19(16-12-15(21-22-16)13-5-6-13)23-7-9-24(10-8-23)20(26)18-11-14-3-1-2-4-17(14)27-18/h1-4,11-13H,5-10H2,(H,21,22). The molecule has 0 atom stereocenters. The first-order valence-electron chi connectivity index (χ1n) is 9.31. The minimum Gasteiger partial charge on any atom is -0.451 e. The van der Waals surface area contributed by atoms with E-state index in [1.54, 1.807) is 15.9 Å². The molecule has 3 aromatic rings. The lowest BCUT2D eigenvalue weighted by atomic mass is 10.2. The van der Waals surface area contributed by atoms with E-state index in [-0.39, 0.29) is 11.8 Å². The molecule has 1 aliphatic carbocycles. The largest absolute Gasteiger partial charge is 0.451 e. The van der Waals surface area contributed by atoms with Crippen molar-refractivity contribution in [1.29, 1.82) is 0 Å². The van der Waals surface area contributed by atoms with E-state index in [1.165, 1.54) is 12.8 Å². The first kappa shape index (κ1) is 16.1. The maximum absolute atomic E-state index is 12.7. The number of H-pyrrole nitrogens is 1. The highest BCUT2D eigenvalue weighted by molar-refractivity contribution is 5.96. The van der Waals surface area contributed by atoms with Crippen LogP contribution in [-0.2, 0) is 0 Å². The van der Waals surface area contributed by atoms with Crippen LogP contribution in [0.15, 0.2) is 40.8 Å². The van der Waals surface area contributed by atoms with E-state index in [2.05, 4.69) is 10.2 Å². The third-order valence-electron chi connectivity index (χ3n) is 5.32. The average Bonchev–Trinajstić information content (AvgIpc) is 3.28. The van der Waals surface area contributed by atoms with Gasteiger partial charge in [-0.3, -0.25) is 14.7 Å². The van der Waals surface area contributed by atoms with Gasteiger partial charge >= 0.3 is 0 Å². The summed E-state index contributed by atoms with van der Waals surface area (Å²) in [5.41, 5.74) is 2.23. The minimum absolute atomic E-state index is 0.0750. The smallest absolute Gasteiger partial charge is 0.289 e. The van der Waals surface area contributed by atoms with Gasteiger partial charge in [-0.15, -0.1) is 0 Å². The Morgan fingerprint density at radius 1 is 1.00 bits per heavy atom. The van der Waals surface area contributed by atoms with E-state index >= 15 is 0 Å². The highest BCUT2D eigenvalue weighted by Crippen LogP contribution is 2.39. The van der Waals surface area contributed by atoms with Gasteiger partial charge < -0.3 is 14.2 Å². The Morgan fingerprint density at radius 3 is 2.41 bits per heavy atom. The number of carbonyl (C=O) groups excluding carboxylic acids is 2. The van der Waals surface area contributed by atoms with Crippen molar-refractivity contribution in [1.82, 2.24) is 20.0 Å². The van der Waals surface area contributed by atoms with Crippen LogP contribution in [0.2, 0.25) is 0 Å². The molecule has 7 nitrogen and oxygen atoms in total. The SMILES string of the molecule is O=C(c1cc(C2CC2)[nH]n1)N1CCN(C(=O)c2cc3ccccc3o2)CC1. The van der Waals surface area contributed by atoms with Crippen LogP contribution in [-0.4, -0.2) is 58.0 Å². The molecule has 27 heavy (non-hydrogen) atoms. The van der Waals surface area contributed by atoms with E-state index in [4.69, 9.17) is 4.42 Å². The predicted molar refractivity (Wildman–Crippen MR) is 98.6 cm³/mol. The van der Waals surface area contributed by atoms with Gasteiger partial charge in [-0.1, -0.05) is 18.2 Å². The van der Waals surface area contributed by atoms with Crippen molar-refractivity contribution in [3.63, 3.8) is 0 Å². The van der Waals surface area contributed by atoms with Crippen LogP contribution < -0.4 is 0 Å². The Morgan fingerprint density at radius 2 is 1.70 bits per heavy atom. The molecule has 1 saturated heterocycles. The van der Waals surface area contributed by atoms with Gasteiger partial charge in [-0.2, -0.15) is 5.10 Å². The third kappa shape index (κ3) is 2.99. The van der Waals surface area contributed by atoms with Gasteiger partial charge in [0.1, 0.15) is 11.3 Å². The molecule has 0 unspecified atom stereocenters. The Bertz CT molecular complexity index is 976. The summed E-state index contributed by atoms with van der Waals surface area (Å²) in [5.74, 6) is 0.678. The van der Waals surface area contributed by atoms with Crippen LogP contribution in [0.3, 0.4) is 0 Å². The summed E-state index contributed by atoms with van der Waals surface area (Å²) in [6.45, 7) is 1.97. The third-order valence-corrected chi connectivity index (χ3v) is 5.32. The van der Waals surface area contributed by atoms with Crippen molar-refractivity contribution in [2.24, 2.45) is 0 Å². The average molecular weight is 364 g/mol. The summed E-state index contributed by atoms with van der Waals surface area (Å²) in [6, 6.07) is 11.2. The van der Waals surface area contributed by atoms with Crippen molar-refractivity contribution in [2.75, 3.05) is 26.2 Å². The van der Waals surface area contributed by atoms with Crippen LogP contribution in [0.25, 0.3) is 11.0 Å². The van der Waals surface area contributed by atoms with Gasteiger partial charge in [0.25, 0.3) is 11.8 Å². The minimum atomic E-state index is -0.130. The van der Waals surface area contributed by atoms with E-state index < -0.39 is 0 Å². The van der Waals surface area contributed by atoms with Crippen molar-refractivity contribution in [3.8, 4) is 0 Å². The Hall–Kier alpha value is -3.09. The number of hydrogen-bond donors (Lipinski definition) is 1. The molecule has 0 radical (unpaired) electrons. The van der Waals surface area contributed by atoms with E-state index in [0.29, 0.717) is 49.1 Å². The van der Waals surface area contributed by atoms with Crippen LogP contribution in [0, 0.1) is 0 Å². The van der Waals surface area contributed by atoms with E-state index in [9.17, 15) is 9.59 Å². The maximum atomic E-state index is 12.7. The van der Waals surface area contributed by atoms with Gasteiger partial charge in [0.05, 0.1) is 0 Å². The highest BCUT2D eigenvalue weighted by Gasteiger charge is 2.30. The number of furan rings is 1. The Balaban J connectivity index is 1.23. The van der Waals surface area contributed by atoms with E-state index in [0.717, 1.165) is 11.1 Å². The monoisotopic (exact) mass is 364 g/mol. The number of hydrogen-bond acceptors (Lipinski definition) is 4. The molecule has 1 aliphatic heterocycles. The zero-order chi connectivity index (χ0) is 18.4. The van der Waals surface area contributed by atoms with Gasteiger partial charge in [0.15, 0.2) is 5.76 Å². The number of benzene rings is 1. The van der Waals surface area contributed by atoms with Crippen molar-refractivity contribution >= 4 is 22.8 Å². The number of amides is 2. The summed E-state index contributed by atoms with van der Waals surface area (Å²) in [4.78, 5) is 28.9. The summed E-state index contributed by atoms with van der Waals surface area (Å²) >= 11 is 0. The number of fused-ring (bicyclic) bond motifs is 1. The molecule has 2 aliphatic rings. The second-order valence-corrected chi connectivity index (χ2v) is 7.22. The summed E-state index contributed by atoms with van der Waals surface area (Å²) in [7, 11) is 0. The van der Waals surface area contributed by atoms with Crippen LogP contribution in [0.5, 0.6) is 0 Å². The second kappa shape index (κ2) is 6.26. The Labute approximate surface area is 155 Å². The fourth-order valence-electron chi connectivity index (χ4n) is 3.57. The number of carbonyl (C=O) groups is 2. The number of nitrogens with zero attached hydrogens (tertiary/aromatic N) is 3. The Kier molecular flexibility index (Phi) is 3.74. The lowest BCUT2D eigenvalue weighted by Gasteiger charge is -2.33. The normalized spacial score (nSPS) is 17.5. The highest BCUT2D eigenvalue weighted by atomic mass is 16.3. The number of aromatic nitrogens is 2. The van der Waals surface area contributed by atoms with Crippen LogP contribution in [0.1, 0.15) is 45.5 Å². The number of para-hydroxylation sites is 1. The molecule has 1 N–H and O–H groups in total. The molecule has 1 saturated carbocycles. The van der Waals surface area contributed by atoms with Crippen molar-refractivity contribution in [2.45, 2.75) is 18.8 Å². The number of aromatic amines is 1. The van der Waals surface area contributed by atoms with Crippen LogP contribution in [0.4, 0.5) is 0 Å². The molecule has 138 valence electrons. The van der Waals surface area contributed by atoms with Gasteiger partial charge in [0, 0.05) is 43.2 Å². The lowest BCUT2D eigenvalue weighted by Crippen LogP contribution is -2.50. The molecule has 7 heteroatoms. The maximum Gasteiger partial charge on any atom is 0.289 e. The summed E-state index contributed by atoms with van der Waals surface area (Å²) in [6.07, 6.45) is 2.33. The zero-order valence-corrected chi connectivity index (χ0v) is 14.9. The first-order valence-corrected chi connectivity index (χ1v) is 9.31. The number of piperazine rings is 1. The first-order chi connectivity index (χ1) is 13.2. The summed E-state index contributed by atoms with van der Waals surface area (Å²) < 4.78 is 5.67. The summed E-state index contributed by atoms with van der Waals surface area (Å²) in [5, 5.41) is 8.06. The molecular weight excluding hydrogens is 344 g/mol. The number of rotatable bonds is 3. The van der Waals surface area contributed by atoms with E-state index in [1.807, 2.05) is 30.3 Å². The number of nitrogens with one attached hydrogen (secondary N) is 1. The molecule has 1 aromatic carbocycles. The molecule has 3 heterocycles. The zero-order valence-electron chi connectivity index (χ0n) is 14.9. The molecule has 5 rings (SSSR count). The molecule has 2 aromatic heterocycles. The van der Waals surface area contributed by atoms with Crippen molar-refractivity contribution < 1.29 is 14.0 Å². The predicted octanol–water partition coefficient (Wildman–Crippen LogP) is 2.63. The fourth-order valence-corrected chi connectivity index (χ4v) is 3.57. The van der Waals surface area contributed by atoms with Gasteiger partial charge in [0.2, 0.25) is 0 Å². The quantitative estimate of drug-likeness (QED) is 0.774. The molecule has 2 amide bonds. The molecule has 0 spiro atoms. The fraction of sp³-hybridized carbons (Fsp3) is 0.350. The molecule has 2 fully saturated rings. The second-order valence-electron chi connectivity index (χ2n) is 7.22. The lowest BCUT2D eigenvalue weighted by molar-refractivity contribution is 0.0516. The topological polar surface area (TPSA) is 82.4 Å². The molecular formula is C20H20N4O3.